The van der Waals surface area contributed by atoms with E-state index in [9.17, 15) is 14.7 Å². The van der Waals surface area contributed by atoms with Gasteiger partial charge in [-0.15, -0.1) is 0 Å². The lowest BCUT2D eigenvalue weighted by Crippen LogP contribution is -2.46. The van der Waals surface area contributed by atoms with E-state index in [-0.39, 0.29) is 23.8 Å². The number of hydrogen-bond donors (Lipinski definition) is 2. The second-order valence-electron chi connectivity index (χ2n) is 7.22. The first-order chi connectivity index (χ1) is 13.6. The number of carbonyl (C=O) groups is 2. The van der Waals surface area contributed by atoms with E-state index in [1.165, 1.54) is 6.08 Å². The molecule has 0 aromatic heterocycles. The van der Waals surface area contributed by atoms with Gasteiger partial charge in [-0.25, -0.2) is 0 Å². The lowest BCUT2D eigenvalue weighted by atomic mass is 9.73. The molecular weight excluding hydrogens is 352 g/mol. The molecule has 2 aromatic rings. The fraction of sp³-hybridized carbons (Fsp3) is 0.304. The largest absolute Gasteiger partial charge is 0.395 e. The molecule has 146 valence electrons. The molecule has 2 N–H and O–H groups in total. The van der Waals surface area contributed by atoms with E-state index < -0.39 is 0 Å². The molecule has 0 aliphatic carbocycles. The van der Waals surface area contributed by atoms with Crippen molar-refractivity contribution >= 4 is 11.8 Å². The van der Waals surface area contributed by atoms with E-state index in [2.05, 4.69) is 24.0 Å². The van der Waals surface area contributed by atoms with E-state index in [0.29, 0.717) is 25.2 Å². The molecule has 1 saturated heterocycles. The molecule has 0 atom stereocenters. The summed E-state index contributed by atoms with van der Waals surface area (Å²) in [5.41, 5.74) is 2.42. The minimum atomic E-state index is -0.273. The van der Waals surface area contributed by atoms with Crippen LogP contribution < -0.4 is 5.32 Å². The fourth-order valence-corrected chi connectivity index (χ4v) is 3.68. The van der Waals surface area contributed by atoms with Gasteiger partial charge in [0.2, 0.25) is 5.91 Å². The van der Waals surface area contributed by atoms with Crippen LogP contribution in [0.3, 0.4) is 0 Å². The molecule has 0 spiro atoms. The SMILES string of the molecule is C=CC(=O)NCc1ccc(C(=O)N2CCC(CO)(c3ccccc3)CC2)cc1. The van der Waals surface area contributed by atoms with Gasteiger partial charge in [-0.3, -0.25) is 9.59 Å². The van der Waals surface area contributed by atoms with Crippen molar-refractivity contribution in [1.82, 2.24) is 10.2 Å². The second kappa shape index (κ2) is 8.85. The van der Waals surface area contributed by atoms with Crippen molar-refractivity contribution in [3.05, 3.63) is 83.9 Å². The number of amides is 2. The van der Waals surface area contributed by atoms with Crippen molar-refractivity contribution in [2.45, 2.75) is 24.8 Å². The molecule has 0 bridgehead atoms. The Bertz CT molecular complexity index is 823. The van der Waals surface area contributed by atoms with Gasteiger partial charge in [0, 0.05) is 30.6 Å². The topological polar surface area (TPSA) is 69.6 Å². The van der Waals surface area contributed by atoms with Crippen LogP contribution in [-0.2, 0) is 16.8 Å². The molecular formula is C23H26N2O3. The molecule has 0 radical (unpaired) electrons. The molecule has 3 rings (SSSR count). The number of benzene rings is 2. The van der Waals surface area contributed by atoms with Gasteiger partial charge < -0.3 is 15.3 Å². The Hall–Kier alpha value is -2.92. The quantitative estimate of drug-likeness (QED) is 0.760. The van der Waals surface area contributed by atoms with Crippen LogP contribution in [0.15, 0.2) is 67.3 Å². The zero-order chi connectivity index (χ0) is 20.0. The number of carbonyl (C=O) groups excluding carboxylic acids is 2. The van der Waals surface area contributed by atoms with Crippen LogP contribution in [0.4, 0.5) is 0 Å². The number of piperidine rings is 1. The Kier molecular flexibility index (Phi) is 6.26. The first kappa shape index (κ1) is 19.8. The third-order valence-corrected chi connectivity index (χ3v) is 5.55. The molecule has 28 heavy (non-hydrogen) atoms. The lowest BCUT2D eigenvalue weighted by molar-refractivity contribution is -0.116. The van der Waals surface area contributed by atoms with Gasteiger partial charge in [0.1, 0.15) is 0 Å². The maximum absolute atomic E-state index is 12.8. The molecule has 1 aliphatic rings. The van der Waals surface area contributed by atoms with Gasteiger partial charge in [0.25, 0.3) is 5.91 Å². The minimum Gasteiger partial charge on any atom is -0.395 e. The molecule has 5 nitrogen and oxygen atoms in total. The van der Waals surface area contributed by atoms with Crippen LogP contribution in [-0.4, -0.2) is 41.5 Å². The van der Waals surface area contributed by atoms with Crippen molar-refractivity contribution in [1.29, 1.82) is 0 Å². The van der Waals surface area contributed by atoms with E-state index in [1.807, 2.05) is 35.2 Å². The van der Waals surface area contributed by atoms with Crippen molar-refractivity contribution in [3.63, 3.8) is 0 Å². The second-order valence-corrected chi connectivity index (χ2v) is 7.22. The third kappa shape index (κ3) is 4.31. The van der Waals surface area contributed by atoms with Gasteiger partial charge >= 0.3 is 0 Å². The summed E-state index contributed by atoms with van der Waals surface area (Å²) in [4.78, 5) is 25.9. The molecule has 2 amide bonds. The average molecular weight is 378 g/mol. The number of rotatable bonds is 6. The zero-order valence-electron chi connectivity index (χ0n) is 15.9. The summed E-state index contributed by atoms with van der Waals surface area (Å²) in [5.74, 6) is -0.222. The van der Waals surface area contributed by atoms with Crippen LogP contribution in [0.5, 0.6) is 0 Å². The molecule has 1 aliphatic heterocycles. The summed E-state index contributed by atoms with van der Waals surface area (Å²) >= 11 is 0. The fourth-order valence-electron chi connectivity index (χ4n) is 3.68. The molecule has 5 heteroatoms. The first-order valence-electron chi connectivity index (χ1n) is 9.53. The predicted molar refractivity (Wildman–Crippen MR) is 109 cm³/mol. The summed E-state index contributed by atoms with van der Waals surface area (Å²) in [6, 6.07) is 17.3. The average Bonchev–Trinajstić information content (AvgIpc) is 2.78. The van der Waals surface area contributed by atoms with Crippen LogP contribution >= 0.6 is 0 Å². The number of likely N-dealkylation sites (tertiary alicyclic amines) is 1. The Morgan fingerprint density at radius 3 is 2.29 bits per heavy atom. The van der Waals surface area contributed by atoms with Crippen LogP contribution in [0.2, 0.25) is 0 Å². The van der Waals surface area contributed by atoms with Crippen LogP contribution in [0.1, 0.15) is 34.3 Å². The van der Waals surface area contributed by atoms with Gasteiger partial charge in [-0.1, -0.05) is 49.0 Å². The number of hydrogen-bond acceptors (Lipinski definition) is 3. The summed E-state index contributed by atoms with van der Waals surface area (Å²) in [6.07, 6.45) is 2.71. The Morgan fingerprint density at radius 2 is 1.71 bits per heavy atom. The summed E-state index contributed by atoms with van der Waals surface area (Å²) in [5, 5.41) is 12.8. The number of nitrogens with zero attached hydrogens (tertiary/aromatic N) is 1. The van der Waals surface area contributed by atoms with Gasteiger partial charge in [-0.2, -0.15) is 0 Å². The normalized spacial score (nSPS) is 15.7. The monoisotopic (exact) mass is 378 g/mol. The minimum absolute atomic E-state index is 0.00118. The molecule has 0 unspecified atom stereocenters. The van der Waals surface area contributed by atoms with Crippen LogP contribution in [0, 0.1) is 0 Å². The molecule has 2 aromatic carbocycles. The molecule has 1 heterocycles. The standard InChI is InChI=1S/C23H26N2O3/c1-2-21(27)24-16-18-8-10-19(11-9-18)22(28)25-14-12-23(17-26,13-15-25)20-6-4-3-5-7-20/h2-11,26H,1,12-17H2,(H,24,27). The van der Waals surface area contributed by atoms with Gasteiger partial charge in [0.05, 0.1) is 6.61 Å². The highest BCUT2D eigenvalue weighted by Gasteiger charge is 2.37. The summed E-state index contributed by atoms with van der Waals surface area (Å²) in [6.45, 7) is 5.14. The maximum atomic E-state index is 12.8. The van der Waals surface area contributed by atoms with Crippen molar-refractivity contribution in [2.24, 2.45) is 0 Å². The smallest absolute Gasteiger partial charge is 0.253 e. The Labute approximate surface area is 165 Å². The van der Waals surface area contributed by atoms with E-state index in [0.717, 1.165) is 24.0 Å². The Balaban J connectivity index is 1.62. The third-order valence-electron chi connectivity index (χ3n) is 5.55. The van der Waals surface area contributed by atoms with Crippen molar-refractivity contribution in [3.8, 4) is 0 Å². The predicted octanol–water partition coefficient (Wildman–Crippen LogP) is 2.66. The Morgan fingerprint density at radius 1 is 1.07 bits per heavy atom. The number of aliphatic hydroxyl groups is 1. The first-order valence-corrected chi connectivity index (χ1v) is 9.53. The summed E-state index contributed by atoms with van der Waals surface area (Å²) in [7, 11) is 0. The number of aliphatic hydroxyl groups excluding tert-OH is 1. The van der Waals surface area contributed by atoms with Crippen LogP contribution in [0.25, 0.3) is 0 Å². The van der Waals surface area contributed by atoms with Gasteiger partial charge in [-0.05, 0) is 42.2 Å². The molecule has 1 fully saturated rings. The highest BCUT2D eigenvalue weighted by atomic mass is 16.3. The maximum Gasteiger partial charge on any atom is 0.253 e. The highest BCUT2D eigenvalue weighted by Crippen LogP contribution is 2.35. The highest BCUT2D eigenvalue weighted by molar-refractivity contribution is 5.94. The number of nitrogens with one attached hydrogen (secondary N) is 1. The molecule has 0 saturated carbocycles. The van der Waals surface area contributed by atoms with E-state index in [4.69, 9.17) is 0 Å². The zero-order valence-corrected chi connectivity index (χ0v) is 15.9. The van der Waals surface area contributed by atoms with E-state index in [1.54, 1.807) is 12.1 Å². The van der Waals surface area contributed by atoms with Crippen molar-refractivity contribution in [2.75, 3.05) is 19.7 Å². The lowest BCUT2D eigenvalue weighted by Gasteiger charge is -2.41. The summed E-state index contributed by atoms with van der Waals surface area (Å²) < 4.78 is 0. The van der Waals surface area contributed by atoms with E-state index >= 15 is 0 Å². The van der Waals surface area contributed by atoms with Gasteiger partial charge in [0.15, 0.2) is 0 Å². The van der Waals surface area contributed by atoms with Crippen molar-refractivity contribution < 1.29 is 14.7 Å².